The standard InChI is InChI=1S/C31H46O6/c1-18-9-14-31(35-17-18)19(2)28-25(37-31)16-24-22-6-5-20-15-21(36-27(34)8-7-26(32)33)10-12-29(20,3)23(22)11-13-30(24,28)4/h5,18-19,21-25,28H,6-17H2,1-4H3,(H,32,33)/t18-,19+,21-,22-,23-,24-,25-,28+,29+,30+,31-/m1/s1. The Balaban J connectivity index is 1.16. The number of esters is 1. The third-order valence-electron chi connectivity index (χ3n) is 12.2. The molecule has 6 aliphatic rings. The van der Waals surface area contributed by atoms with E-state index in [4.69, 9.17) is 19.3 Å². The number of carboxylic acids is 1. The van der Waals surface area contributed by atoms with Gasteiger partial charge < -0.3 is 19.3 Å². The van der Waals surface area contributed by atoms with E-state index in [1.807, 2.05) is 0 Å². The summed E-state index contributed by atoms with van der Waals surface area (Å²) in [5.41, 5.74) is 1.98. The lowest BCUT2D eigenvalue weighted by Gasteiger charge is -2.58. The summed E-state index contributed by atoms with van der Waals surface area (Å²) in [6.07, 6.45) is 12.4. The van der Waals surface area contributed by atoms with E-state index in [-0.39, 0.29) is 36.1 Å². The van der Waals surface area contributed by atoms with E-state index < -0.39 is 5.97 Å². The molecule has 0 aromatic carbocycles. The lowest BCUT2D eigenvalue weighted by molar-refractivity contribution is -0.272. The average molecular weight is 515 g/mol. The van der Waals surface area contributed by atoms with Crippen LogP contribution in [0.3, 0.4) is 0 Å². The molecule has 6 heteroatoms. The van der Waals surface area contributed by atoms with Gasteiger partial charge in [-0.3, -0.25) is 9.59 Å². The van der Waals surface area contributed by atoms with E-state index >= 15 is 0 Å². The minimum absolute atomic E-state index is 0.0404. The van der Waals surface area contributed by atoms with Gasteiger partial charge in [0.1, 0.15) is 6.10 Å². The predicted octanol–water partition coefficient (Wildman–Crippen LogP) is 6.13. The Morgan fingerprint density at radius 1 is 1.08 bits per heavy atom. The minimum Gasteiger partial charge on any atom is -0.481 e. The van der Waals surface area contributed by atoms with E-state index in [9.17, 15) is 9.59 Å². The molecule has 37 heavy (non-hydrogen) atoms. The summed E-state index contributed by atoms with van der Waals surface area (Å²) in [5.74, 6) is 2.08. The third kappa shape index (κ3) is 4.02. The first-order valence-electron chi connectivity index (χ1n) is 15.0. The highest BCUT2D eigenvalue weighted by molar-refractivity contribution is 5.76. The van der Waals surface area contributed by atoms with Gasteiger partial charge in [0, 0.05) is 18.8 Å². The molecule has 0 unspecified atom stereocenters. The number of fused-ring (bicyclic) bond motifs is 7. The molecule has 0 amide bonds. The fourth-order valence-electron chi connectivity index (χ4n) is 10.2. The summed E-state index contributed by atoms with van der Waals surface area (Å²) >= 11 is 0. The van der Waals surface area contributed by atoms with Crippen molar-refractivity contribution in [2.24, 2.45) is 46.3 Å². The molecule has 3 saturated carbocycles. The maximum Gasteiger partial charge on any atom is 0.306 e. The first kappa shape index (κ1) is 25.9. The zero-order valence-corrected chi connectivity index (χ0v) is 23.2. The molecule has 1 spiro atoms. The Hall–Kier alpha value is -1.40. The van der Waals surface area contributed by atoms with Crippen molar-refractivity contribution >= 4 is 11.9 Å². The van der Waals surface area contributed by atoms with Crippen LogP contribution in [-0.4, -0.2) is 41.6 Å². The lowest BCUT2D eigenvalue weighted by Crippen LogP contribution is -2.52. The van der Waals surface area contributed by atoms with Crippen LogP contribution < -0.4 is 0 Å². The van der Waals surface area contributed by atoms with E-state index in [1.54, 1.807) is 0 Å². The van der Waals surface area contributed by atoms with Gasteiger partial charge in [0.2, 0.25) is 0 Å². The fourth-order valence-corrected chi connectivity index (χ4v) is 10.2. The number of carboxylic acid groups (broad SMARTS) is 1. The molecule has 1 N–H and O–H groups in total. The van der Waals surface area contributed by atoms with Gasteiger partial charge in [-0.2, -0.15) is 0 Å². The van der Waals surface area contributed by atoms with Crippen LogP contribution in [0.15, 0.2) is 11.6 Å². The second kappa shape index (κ2) is 9.08. The average Bonchev–Trinajstić information content (AvgIpc) is 3.30. The quantitative estimate of drug-likeness (QED) is 0.359. The van der Waals surface area contributed by atoms with Crippen molar-refractivity contribution in [3.05, 3.63) is 11.6 Å². The zero-order valence-electron chi connectivity index (χ0n) is 23.2. The Morgan fingerprint density at radius 2 is 1.89 bits per heavy atom. The molecular formula is C31H46O6. The van der Waals surface area contributed by atoms with Crippen molar-refractivity contribution < 1.29 is 28.9 Å². The predicted molar refractivity (Wildman–Crippen MR) is 138 cm³/mol. The highest BCUT2D eigenvalue weighted by Crippen LogP contribution is 2.70. The molecule has 2 saturated heterocycles. The SMILES string of the molecule is C[C@@H]1CC[C@@]2(OC1)O[C@@H]1C[C@@H]3[C@@H]4CC=C5C[C@H](OC(=O)CCC(=O)O)CC[C@]5(C)[C@@H]4CC[C@]3(C)[C@H]1[C@@H]2C. The van der Waals surface area contributed by atoms with Crippen molar-refractivity contribution in [2.75, 3.05) is 6.61 Å². The Morgan fingerprint density at radius 3 is 2.62 bits per heavy atom. The second-order valence-electron chi connectivity index (χ2n) is 14.0. The van der Waals surface area contributed by atoms with Crippen LogP contribution in [0.5, 0.6) is 0 Å². The molecule has 4 aliphatic carbocycles. The van der Waals surface area contributed by atoms with E-state index in [1.165, 1.54) is 31.3 Å². The normalized spacial score (nSPS) is 50.4. The van der Waals surface area contributed by atoms with Crippen LogP contribution in [0.1, 0.15) is 98.3 Å². The van der Waals surface area contributed by atoms with E-state index in [0.717, 1.165) is 38.7 Å². The number of aliphatic carboxylic acids is 1. The van der Waals surface area contributed by atoms with Gasteiger partial charge in [-0.15, -0.1) is 0 Å². The van der Waals surface area contributed by atoms with E-state index in [2.05, 4.69) is 33.8 Å². The smallest absolute Gasteiger partial charge is 0.306 e. The molecule has 6 rings (SSSR count). The molecule has 0 aromatic heterocycles. The van der Waals surface area contributed by atoms with Gasteiger partial charge in [-0.1, -0.05) is 39.3 Å². The van der Waals surface area contributed by atoms with Crippen LogP contribution in [0.2, 0.25) is 0 Å². The van der Waals surface area contributed by atoms with E-state index in [0.29, 0.717) is 47.0 Å². The number of carbonyl (C=O) groups excluding carboxylic acids is 1. The number of hydrogen-bond donors (Lipinski definition) is 1. The molecule has 206 valence electrons. The molecule has 0 bridgehead atoms. The second-order valence-corrected chi connectivity index (χ2v) is 14.0. The zero-order chi connectivity index (χ0) is 26.2. The number of allylic oxidation sites excluding steroid dienone is 1. The first-order chi connectivity index (χ1) is 17.6. The largest absolute Gasteiger partial charge is 0.481 e. The summed E-state index contributed by atoms with van der Waals surface area (Å²) in [6, 6.07) is 0. The highest BCUT2D eigenvalue weighted by atomic mass is 16.7. The van der Waals surface area contributed by atoms with Crippen LogP contribution >= 0.6 is 0 Å². The van der Waals surface area contributed by atoms with Crippen LogP contribution in [-0.2, 0) is 23.8 Å². The summed E-state index contributed by atoms with van der Waals surface area (Å²) in [7, 11) is 0. The Kier molecular flexibility index (Phi) is 6.34. The highest BCUT2D eigenvalue weighted by Gasteiger charge is 2.68. The van der Waals surface area contributed by atoms with Gasteiger partial charge in [-0.05, 0) is 85.4 Å². The Labute approximate surface area is 221 Å². The Bertz CT molecular complexity index is 965. The molecule has 11 atom stereocenters. The molecule has 2 aliphatic heterocycles. The molecular weight excluding hydrogens is 468 g/mol. The van der Waals surface area contributed by atoms with Gasteiger partial charge in [0.15, 0.2) is 5.79 Å². The fraction of sp³-hybridized carbons (Fsp3) is 0.871. The summed E-state index contributed by atoms with van der Waals surface area (Å²) in [6.45, 7) is 10.6. The molecule has 0 radical (unpaired) electrons. The molecule has 0 aromatic rings. The number of rotatable bonds is 4. The third-order valence-corrected chi connectivity index (χ3v) is 12.2. The maximum absolute atomic E-state index is 12.2. The monoisotopic (exact) mass is 514 g/mol. The lowest BCUT2D eigenvalue weighted by atomic mass is 9.47. The molecule has 5 fully saturated rings. The minimum atomic E-state index is -0.953. The van der Waals surface area contributed by atoms with Crippen LogP contribution in [0, 0.1) is 46.3 Å². The van der Waals surface area contributed by atoms with Crippen molar-refractivity contribution in [3.8, 4) is 0 Å². The maximum atomic E-state index is 12.2. The summed E-state index contributed by atoms with van der Waals surface area (Å²) in [5, 5.41) is 8.86. The number of hydrogen-bond acceptors (Lipinski definition) is 5. The summed E-state index contributed by atoms with van der Waals surface area (Å²) in [4.78, 5) is 23.0. The van der Waals surface area contributed by atoms with Gasteiger partial charge in [0.25, 0.3) is 0 Å². The molecule has 6 nitrogen and oxygen atoms in total. The molecule has 2 heterocycles. The van der Waals surface area contributed by atoms with Gasteiger partial charge in [-0.25, -0.2) is 0 Å². The van der Waals surface area contributed by atoms with Crippen LogP contribution in [0.4, 0.5) is 0 Å². The van der Waals surface area contributed by atoms with Gasteiger partial charge >= 0.3 is 11.9 Å². The van der Waals surface area contributed by atoms with Gasteiger partial charge in [0.05, 0.1) is 25.6 Å². The van der Waals surface area contributed by atoms with Crippen molar-refractivity contribution in [3.63, 3.8) is 0 Å². The van der Waals surface area contributed by atoms with Crippen molar-refractivity contribution in [1.82, 2.24) is 0 Å². The summed E-state index contributed by atoms with van der Waals surface area (Å²) < 4.78 is 19.1. The number of ether oxygens (including phenoxy) is 3. The van der Waals surface area contributed by atoms with Crippen molar-refractivity contribution in [2.45, 2.75) is 116 Å². The van der Waals surface area contributed by atoms with Crippen molar-refractivity contribution in [1.29, 1.82) is 0 Å². The van der Waals surface area contributed by atoms with Crippen LogP contribution in [0.25, 0.3) is 0 Å². The number of carbonyl (C=O) groups is 2. The first-order valence-corrected chi connectivity index (χ1v) is 15.0. The topological polar surface area (TPSA) is 82.1 Å².